The molecular formula is C8H13N. The Morgan fingerprint density at radius 3 is 2.78 bits per heavy atom. The molecule has 0 heterocycles. The third-order valence-electron chi connectivity index (χ3n) is 0.915. The lowest BCUT2D eigenvalue weighted by Crippen LogP contribution is -1.78. The van der Waals surface area contributed by atoms with Gasteiger partial charge in [-0.25, -0.2) is 0 Å². The van der Waals surface area contributed by atoms with Crippen LogP contribution in [0.1, 0.15) is 20.3 Å². The van der Waals surface area contributed by atoms with Crippen molar-refractivity contribution in [2.45, 2.75) is 20.3 Å². The molecule has 1 heteroatoms. The van der Waals surface area contributed by atoms with Gasteiger partial charge in [0.05, 0.1) is 0 Å². The van der Waals surface area contributed by atoms with Crippen LogP contribution in [0.2, 0.25) is 0 Å². The van der Waals surface area contributed by atoms with Gasteiger partial charge in [-0.1, -0.05) is 19.6 Å². The molecule has 0 amide bonds. The number of nitrogens with zero attached hydrogens (tertiary/aromatic N) is 1. The van der Waals surface area contributed by atoms with E-state index in [2.05, 4.69) is 18.5 Å². The molecule has 0 aromatic carbocycles. The van der Waals surface area contributed by atoms with Crippen molar-refractivity contribution in [2.75, 3.05) is 0 Å². The summed E-state index contributed by atoms with van der Waals surface area (Å²) >= 11 is 0. The van der Waals surface area contributed by atoms with Gasteiger partial charge in [0.2, 0.25) is 0 Å². The van der Waals surface area contributed by atoms with Crippen molar-refractivity contribution >= 4 is 5.71 Å². The minimum absolute atomic E-state index is 0.958. The summed E-state index contributed by atoms with van der Waals surface area (Å²) in [6, 6.07) is 0. The molecule has 0 rings (SSSR count). The van der Waals surface area contributed by atoms with Gasteiger partial charge in [-0.3, -0.25) is 4.99 Å². The van der Waals surface area contributed by atoms with Crippen molar-refractivity contribution in [3.05, 3.63) is 24.9 Å². The van der Waals surface area contributed by atoms with E-state index in [0.29, 0.717) is 0 Å². The number of rotatable bonds is 3. The van der Waals surface area contributed by atoms with Gasteiger partial charge >= 0.3 is 0 Å². The SMILES string of the molecule is C=CC(C)=N/C=C\CC. The topological polar surface area (TPSA) is 12.4 Å². The minimum atomic E-state index is 0.958. The van der Waals surface area contributed by atoms with Gasteiger partial charge in [-0.15, -0.1) is 0 Å². The highest BCUT2D eigenvalue weighted by molar-refractivity contribution is 5.92. The number of allylic oxidation sites excluding steroid dienone is 2. The van der Waals surface area contributed by atoms with Crippen LogP contribution in [0.5, 0.6) is 0 Å². The lowest BCUT2D eigenvalue weighted by atomic mass is 10.4. The van der Waals surface area contributed by atoms with Crippen molar-refractivity contribution in [3.8, 4) is 0 Å². The summed E-state index contributed by atoms with van der Waals surface area (Å²) in [6.45, 7) is 7.58. The fraction of sp³-hybridized carbons (Fsp3) is 0.375. The van der Waals surface area contributed by atoms with E-state index >= 15 is 0 Å². The first kappa shape index (κ1) is 8.15. The predicted octanol–water partition coefficient (Wildman–Crippen LogP) is 2.56. The molecular weight excluding hydrogens is 110 g/mol. The Morgan fingerprint density at radius 1 is 1.67 bits per heavy atom. The summed E-state index contributed by atoms with van der Waals surface area (Å²) in [5.41, 5.74) is 0.958. The van der Waals surface area contributed by atoms with Crippen molar-refractivity contribution in [2.24, 2.45) is 4.99 Å². The Hall–Kier alpha value is -0.850. The van der Waals surface area contributed by atoms with Crippen molar-refractivity contribution in [1.82, 2.24) is 0 Å². The predicted molar refractivity (Wildman–Crippen MR) is 42.7 cm³/mol. The van der Waals surface area contributed by atoms with Gasteiger partial charge < -0.3 is 0 Å². The van der Waals surface area contributed by atoms with E-state index in [1.165, 1.54) is 0 Å². The average Bonchev–Trinajstić information content (AvgIpc) is 1.89. The molecule has 1 nitrogen and oxygen atoms in total. The number of hydrogen-bond donors (Lipinski definition) is 0. The molecule has 9 heavy (non-hydrogen) atoms. The number of aliphatic imine (C=N–C) groups is 1. The molecule has 0 atom stereocenters. The lowest BCUT2D eigenvalue weighted by molar-refractivity contribution is 1.21. The third-order valence-corrected chi connectivity index (χ3v) is 0.915. The molecule has 0 spiro atoms. The van der Waals surface area contributed by atoms with Crippen LogP contribution in [0.25, 0.3) is 0 Å². The zero-order valence-electron chi connectivity index (χ0n) is 6.09. The summed E-state index contributed by atoms with van der Waals surface area (Å²) in [7, 11) is 0. The van der Waals surface area contributed by atoms with Gasteiger partial charge in [-0.2, -0.15) is 0 Å². The highest BCUT2D eigenvalue weighted by Crippen LogP contribution is 1.83. The van der Waals surface area contributed by atoms with Crippen LogP contribution < -0.4 is 0 Å². The molecule has 0 aromatic rings. The normalized spacial score (nSPS) is 12.4. The molecule has 0 aromatic heterocycles. The number of hydrogen-bond acceptors (Lipinski definition) is 1. The van der Waals surface area contributed by atoms with Crippen LogP contribution >= 0.6 is 0 Å². The highest BCUT2D eigenvalue weighted by Gasteiger charge is 1.73. The summed E-state index contributed by atoms with van der Waals surface area (Å²) in [6.07, 6.45) is 6.58. The van der Waals surface area contributed by atoms with E-state index in [1.807, 2.05) is 13.0 Å². The Balaban J connectivity index is 3.68. The maximum Gasteiger partial charge on any atom is 0.0366 e. The highest BCUT2D eigenvalue weighted by atomic mass is 14.7. The summed E-state index contributed by atoms with van der Waals surface area (Å²) in [5.74, 6) is 0. The molecule has 0 aliphatic rings. The maximum atomic E-state index is 4.05. The smallest absolute Gasteiger partial charge is 0.0366 e. The molecule has 0 fully saturated rings. The molecule has 0 aliphatic carbocycles. The van der Waals surface area contributed by atoms with Gasteiger partial charge in [-0.05, 0) is 19.4 Å². The Labute approximate surface area is 56.8 Å². The van der Waals surface area contributed by atoms with E-state index in [9.17, 15) is 0 Å². The fourth-order valence-corrected chi connectivity index (χ4v) is 0.328. The van der Waals surface area contributed by atoms with Crippen molar-refractivity contribution < 1.29 is 0 Å². The molecule has 0 N–H and O–H groups in total. The molecule has 0 saturated heterocycles. The first-order chi connectivity index (χ1) is 4.31. The van der Waals surface area contributed by atoms with Crippen LogP contribution in [0, 0.1) is 0 Å². The van der Waals surface area contributed by atoms with Crippen molar-refractivity contribution in [3.63, 3.8) is 0 Å². The van der Waals surface area contributed by atoms with Crippen LogP contribution in [-0.2, 0) is 0 Å². The molecule has 0 unspecified atom stereocenters. The second-order valence-corrected chi connectivity index (χ2v) is 1.77. The monoisotopic (exact) mass is 123 g/mol. The third kappa shape index (κ3) is 5.01. The summed E-state index contributed by atoms with van der Waals surface area (Å²) < 4.78 is 0. The molecule has 0 saturated carbocycles. The van der Waals surface area contributed by atoms with Gasteiger partial charge in [0.1, 0.15) is 0 Å². The Morgan fingerprint density at radius 2 is 2.33 bits per heavy atom. The summed E-state index contributed by atoms with van der Waals surface area (Å²) in [4.78, 5) is 4.05. The van der Waals surface area contributed by atoms with Gasteiger partial charge in [0.15, 0.2) is 0 Å². The Kier molecular flexibility index (Phi) is 4.79. The van der Waals surface area contributed by atoms with Crippen molar-refractivity contribution in [1.29, 1.82) is 0 Å². The second kappa shape index (κ2) is 5.29. The standard InChI is InChI=1S/C8H13N/c1-4-6-7-9-8(3)5-2/h5-7H,2,4H2,1,3H3/b7-6-,9-8?. The summed E-state index contributed by atoms with van der Waals surface area (Å²) in [5, 5.41) is 0. The van der Waals surface area contributed by atoms with Crippen LogP contribution in [0.3, 0.4) is 0 Å². The van der Waals surface area contributed by atoms with E-state index in [4.69, 9.17) is 0 Å². The maximum absolute atomic E-state index is 4.05. The first-order valence-corrected chi connectivity index (χ1v) is 3.13. The molecule has 0 aliphatic heterocycles. The van der Waals surface area contributed by atoms with E-state index in [0.717, 1.165) is 12.1 Å². The average molecular weight is 123 g/mol. The van der Waals surface area contributed by atoms with Crippen LogP contribution in [-0.4, -0.2) is 5.71 Å². The van der Waals surface area contributed by atoms with E-state index in [-0.39, 0.29) is 0 Å². The molecule has 50 valence electrons. The largest absolute Gasteiger partial charge is 0.262 e. The van der Waals surface area contributed by atoms with Crippen LogP contribution in [0.4, 0.5) is 0 Å². The van der Waals surface area contributed by atoms with E-state index in [1.54, 1.807) is 12.3 Å². The zero-order chi connectivity index (χ0) is 7.11. The van der Waals surface area contributed by atoms with Crippen LogP contribution in [0.15, 0.2) is 29.9 Å². The first-order valence-electron chi connectivity index (χ1n) is 3.13. The van der Waals surface area contributed by atoms with E-state index < -0.39 is 0 Å². The molecule has 0 radical (unpaired) electrons. The quantitative estimate of drug-likeness (QED) is 0.511. The van der Waals surface area contributed by atoms with Gasteiger partial charge in [0.25, 0.3) is 0 Å². The van der Waals surface area contributed by atoms with Gasteiger partial charge in [0, 0.05) is 11.9 Å². The fourth-order valence-electron chi connectivity index (χ4n) is 0.328. The second-order valence-electron chi connectivity index (χ2n) is 1.77. The Bertz CT molecular complexity index is 132. The lowest BCUT2D eigenvalue weighted by Gasteiger charge is -1.82. The molecule has 0 bridgehead atoms. The minimum Gasteiger partial charge on any atom is -0.262 e. The zero-order valence-corrected chi connectivity index (χ0v) is 6.09.